The van der Waals surface area contributed by atoms with Crippen molar-refractivity contribution in [1.29, 1.82) is 0 Å². The summed E-state index contributed by atoms with van der Waals surface area (Å²) in [6.07, 6.45) is 0.967. The van der Waals surface area contributed by atoms with Gasteiger partial charge in [-0.3, -0.25) is 9.69 Å². The number of piperazine rings is 1. The number of nitrogens with zero attached hydrogens (tertiary/aromatic N) is 6. The van der Waals surface area contributed by atoms with Crippen LogP contribution in [0.25, 0.3) is 0 Å². The molecule has 1 saturated heterocycles. The molecule has 0 aliphatic carbocycles. The molecule has 32 heavy (non-hydrogen) atoms. The van der Waals surface area contributed by atoms with Gasteiger partial charge in [0.1, 0.15) is 12.4 Å². The van der Waals surface area contributed by atoms with Crippen molar-refractivity contribution in [2.75, 3.05) is 39.3 Å². The minimum atomic E-state index is 0. The molecule has 3 rings (SSSR count). The molecule has 0 spiro atoms. The van der Waals surface area contributed by atoms with Crippen LogP contribution in [0.4, 0.5) is 0 Å². The summed E-state index contributed by atoms with van der Waals surface area (Å²) >= 11 is 1.78. The van der Waals surface area contributed by atoms with Gasteiger partial charge in [0.05, 0.1) is 6.54 Å². The van der Waals surface area contributed by atoms with Crippen molar-refractivity contribution in [2.45, 2.75) is 39.8 Å². The maximum atomic E-state index is 12.1. The molecule has 1 aliphatic rings. The number of hydrogen-bond acceptors (Lipinski definition) is 6. The summed E-state index contributed by atoms with van der Waals surface area (Å²) in [4.78, 5) is 22.7. The van der Waals surface area contributed by atoms with Crippen LogP contribution in [0.1, 0.15) is 30.4 Å². The second-order valence-electron chi connectivity index (χ2n) is 8.10. The number of amides is 1. The first-order valence-electron chi connectivity index (χ1n) is 10.8. The van der Waals surface area contributed by atoms with E-state index in [-0.39, 0.29) is 35.9 Å². The largest absolute Gasteiger partial charge is 0.356 e. The third-order valence-electron chi connectivity index (χ3n) is 5.28. The van der Waals surface area contributed by atoms with Gasteiger partial charge in [-0.15, -0.1) is 45.5 Å². The first kappa shape index (κ1) is 26.5. The Morgan fingerprint density at radius 1 is 1.25 bits per heavy atom. The van der Waals surface area contributed by atoms with Gasteiger partial charge in [-0.25, -0.2) is 4.99 Å². The number of thiophene rings is 1. The molecular formula is C21H35IN8OS. The molecule has 1 aliphatic heterocycles. The van der Waals surface area contributed by atoms with E-state index in [4.69, 9.17) is 4.99 Å². The Hall–Kier alpha value is -1.73. The number of guanidine groups is 1. The molecule has 0 saturated carbocycles. The first-order chi connectivity index (χ1) is 14.9. The zero-order chi connectivity index (χ0) is 22.2. The lowest BCUT2D eigenvalue weighted by Crippen LogP contribution is -2.54. The number of hydrogen-bond donors (Lipinski definition) is 2. The highest BCUT2D eigenvalue weighted by molar-refractivity contribution is 14.0. The molecule has 1 fully saturated rings. The van der Waals surface area contributed by atoms with Gasteiger partial charge >= 0.3 is 0 Å². The second kappa shape index (κ2) is 13.1. The highest BCUT2D eigenvalue weighted by atomic mass is 127. The molecule has 11 heteroatoms. The molecule has 0 bridgehead atoms. The van der Waals surface area contributed by atoms with Crippen molar-refractivity contribution in [1.82, 2.24) is 35.2 Å². The van der Waals surface area contributed by atoms with E-state index in [0.29, 0.717) is 13.1 Å². The van der Waals surface area contributed by atoms with Crippen LogP contribution in [0.5, 0.6) is 0 Å². The fraction of sp³-hybridized carbons (Fsp3) is 0.619. The summed E-state index contributed by atoms with van der Waals surface area (Å²) in [6, 6.07) is 4.41. The van der Waals surface area contributed by atoms with Crippen LogP contribution in [-0.4, -0.2) is 81.7 Å². The summed E-state index contributed by atoms with van der Waals surface area (Å²) in [5, 5.41) is 17.0. The number of halogens is 1. The van der Waals surface area contributed by atoms with E-state index in [2.05, 4.69) is 48.1 Å². The normalized spacial score (nSPS) is 15.0. The van der Waals surface area contributed by atoms with E-state index in [1.807, 2.05) is 32.4 Å². The Bertz CT molecular complexity index is 859. The van der Waals surface area contributed by atoms with Crippen LogP contribution in [0.3, 0.4) is 0 Å². The van der Waals surface area contributed by atoms with E-state index in [9.17, 15) is 4.79 Å². The topological polar surface area (TPSA) is 90.7 Å². The third-order valence-corrected chi connectivity index (χ3v) is 6.21. The van der Waals surface area contributed by atoms with Gasteiger partial charge in [0.25, 0.3) is 0 Å². The Morgan fingerprint density at radius 3 is 2.59 bits per heavy atom. The van der Waals surface area contributed by atoms with Crippen LogP contribution in [0.15, 0.2) is 22.5 Å². The van der Waals surface area contributed by atoms with Crippen LogP contribution in [0, 0.1) is 6.92 Å². The van der Waals surface area contributed by atoms with Gasteiger partial charge in [0, 0.05) is 50.7 Å². The number of aromatic nitrogens is 3. The average molecular weight is 575 g/mol. The Morgan fingerprint density at radius 2 is 2.00 bits per heavy atom. The van der Waals surface area contributed by atoms with Crippen molar-refractivity contribution in [3.05, 3.63) is 34.0 Å². The summed E-state index contributed by atoms with van der Waals surface area (Å²) in [7, 11) is 1.96. The van der Waals surface area contributed by atoms with E-state index in [1.54, 1.807) is 11.3 Å². The molecule has 178 valence electrons. The molecule has 2 N–H and O–H groups in total. The van der Waals surface area contributed by atoms with Crippen molar-refractivity contribution in [3.63, 3.8) is 0 Å². The Kier molecular flexibility index (Phi) is 10.9. The number of rotatable bonds is 8. The smallest absolute Gasteiger partial charge is 0.234 e. The highest BCUT2D eigenvalue weighted by Gasteiger charge is 2.21. The summed E-state index contributed by atoms with van der Waals surface area (Å²) in [6.45, 7) is 11.0. The SMILES string of the molecule is Cc1nnc(CN=C(NCCc2cccs2)N2CCN(CC(=O)NC(C)C)CC2)n1C.I. The minimum Gasteiger partial charge on any atom is -0.356 e. The second-order valence-corrected chi connectivity index (χ2v) is 9.14. The van der Waals surface area contributed by atoms with E-state index >= 15 is 0 Å². The molecule has 2 aromatic rings. The molecule has 0 unspecified atom stereocenters. The Labute approximate surface area is 211 Å². The van der Waals surface area contributed by atoms with Crippen molar-refractivity contribution >= 4 is 47.2 Å². The Balaban J connectivity index is 0.00000363. The van der Waals surface area contributed by atoms with Gasteiger partial charge in [0.2, 0.25) is 5.91 Å². The number of carbonyl (C=O) groups is 1. The summed E-state index contributed by atoms with van der Waals surface area (Å²) < 4.78 is 1.97. The highest BCUT2D eigenvalue weighted by Crippen LogP contribution is 2.09. The third kappa shape index (κ3) is 8.00. The van der Waals surface area contributed by atoms with Crippen molar-refractivity contribution in [3.8, 4) is 0 Å². The number of nitrogens with one attached hydrogen (secondary N) is 2. The average Bonchev–Trinajstić information content (AvgIpc) is 3.35. The van der Waals surface area contributed by atoms with Gasteiger partial charge < -0.3 is 20.1 Å². The number of carbonyl (C=O) groups excluding carboxylic acids is 1. The molecule has 2 aromatic heterocycles. The molecule has 9 nitrogen and oxygen atoms in total. The van der Waals surface area contributed by atoms with E-state index in [1.165, 1.54) is 4.88 Å². The standard InChI is InChI=1S/C21H34N8OS.HI/c1-16(2)24-20(30)15-28-9-11-29(12-10-28)21(22-8-7-18-6-5-13-31-18)23-14-19-26-25-17(3)27(19)4;/h5-6,13,16H,7-12,14-15H2,1-4H3,(H,22,23)(H,24,30);1H. The summed E-state index contributed by atoms with van der Waals surface area (Å²) in [5.41, 5.74) is 0. The molecule has 0 radical (unpaired) electrons. The van der Waals surface area contributed by atoms with Crippen molar-refractivity contribution in [2.24, 2.45) is 12.0 Å². The lowest BCUT2D eigenvalue weighted by molar-refractivity contribution is -0.123. The van der Waals surface area contributed by atoms with Crippen molar-refractivity contribution < 1.29 is 4.79 Å². The lowest BCUT2D eigenvalue weighted by atomic mass is 10.3. The van der Waals surface area contributed by atoms with E-state index < -0.39 is 0 Å². The van der Waals surface area contributed by atoms with Crippen LogP contribution >= 0.6 is 35.3 Å². The number of aliphatic imine (C=N–C) groups is 1. The molecular weight excluding hydrogens is 539 g/mol. The maximum Gasteiger partial charge on any atom is 0.234 e. The van der Waals surface area contributed by atoms with Gasteiger partial charge in [-0.2, -0.15) is 0 Å². The van der Waals surface area contributed by atoms with Gasteiger partial charge in [-0.1, -0.05) is 6.07 Å². The maximum absolute atomic E-state index is 12.1. The monoisotopic (exact) mass is 574 g/mol. The first-order valence-corrected chi connectivity index (χ1v) is 11.7. The fourth-order valence-corrected chi connectivity index (χ4v) is 4.15. The van der Waals surface area contributed by atoms with Crippen LogP contribution < -0.4 is 10.6 Å². The minimum absolute atomic E-state index is 0. The van der Waals surface area contributed by atoms with Gasteiger partial charge in [0.15, 0.2) is 11.8 Å². The van der Waals surface area contributed by atoms with E-state index in [0.717, 1.165) is 56.8 Å². The zero-order valence-corrected chi connectivity index (χ0v) is 22.5. The molecule has 3 heterocycles. The van der Waals surface area contributed by atoms with Crippen LogP contribution in [0.2, 0.25) is 0 Å². The molecule has 1 amide bonds. The fourth-order valence-electron chi connectivity index (χ4n) is 3.44. The predicted molar refractivity (Wildman–Crippen MR) is 140 cm³/mol. The summed E-state index contributed by atoms with van der Waals surface area (Å²) in [5.74, 6) is 2.71. The quantitative estimate of drug-likeness (QED) is 0.283. The zero-order valence-electron chi connectivity index (χ0n) is 19.4. The van der Waals surface area contributed by atoms with Gasteiger partial charge in [-0.05, 0) is 38.6 Å². The predicted octanol–water partition coefficient (Wildman–Crippen LogP) is 1.63. The molecule has 0 atom stereocenters. The lowest BCUT2D eigenvalue weighted by Gasteiger charge is -2.36. The number of aryl methyl sites for hydroxylation is 1. The molecule has 0 aromatic carbocycles. The van der Waals surface area contributed by atoms with Crippen LogP contribution in [-0.2, 0) is 24.8 Å².